The predicted molar refractivity (Wildman–Crippen MR) is 80.3 cm³/mol. The number of rotatable bonds is 4. The van der Waals surface area contributed by atoms with Gasteiger partial charge in [-0.2, -0.15) is 0 Å². The van der Waals surface area contributed by atoms with Gasteiger partial charge in [0.25, 0.3) is 5.91 Å². The van der Waals surface area contributed by atoms with E-state index in [1.54, 1.807) is 6.07 Å². The van der Waals surface area contributed by atoms with Crippen LogP contribution in [0.25, 0.3) is 0 Å². The van der Waals surface area contributed by atoms with Crippen molar-refractivity contribution in [3.05, 3.63) is 46.0 Å². The number of carbonyl (C=O) groups excluding carboxylic acids is 1. The van der Waals surface area contributed by atoms with E-state index in [0.717, 1.165) is 17.2 Å². The van der Waals surface area contributed by atoms with Gasteiger partial charge in [-0.3, -0.25) is 4.79 Å². The molecule has 0 bridgehead atoms. The number of nitrogens with zero attached hydrogens (tertiary/aromatic N) is 3. The minimum absolute atomic E-state index is 0.186. The zero-order chi connectivity index (χ0) is 15.0. The van der Waals surface area contributed by atoms with Gasteiger partial charge in [0.2, 0.25) is 0 Å². The van der Waals surface area contributed by atoms with E-state index in [-0.39, 0.29) is 5.91 Å². The lowest BCUT2D eigenvalue weighted by Gasteiger charge is -2.09. The second-order valence-corrected chi connectivity index (χ2v) is 5.83. The van der Waals surface area contributed by atoms with Crippen molar-refractivity contribution >= 4 is 17.5 Å². The lowest BCUT2D eigenvalue weighted by Crippen LogP contribution is -2.25. The third kappa shape index (κ3) is 2.78. The van der Waals surface area contributed by atoms with Crippen LogP contribution in [-0.4, -0.2) is 20.7 Å². The molecule has 1 aromatic heterocycles. The molecule has 0 spiro atoms. The zero-order valence-corrected chi connectivity index (χ0v) is 12.8. The van der Waals surface area contributed by atoms with Gasteiger partial charge in [-0.1, -0.05) is 23.7 Å². The van der Waals surface area contributed by atoms with Crippen LogP contribution < -0.4 is 5.32 Å². The molecule has 1 aliphatic carbocycles. The van der Waals surface area contributed by atoms with E-state index in [2.05, 4.69) is 15.5 Å². The standard InChI is InChI=1S/C15H17ClN4O/c1-9-4-3-5-11(16)13(9)15(21)17-8-12-18-19-14(20(12)2)10-6-7-10/h3-5,10H,6-8H2,1-2H3,(H,17,21). The number of halogens is 1. The monoisotopic (exact) mass is 304 g/mol. The van der Waals surface area contributed by atoms with E-state index in [1.165, 1.54) is 12.8 Å². The summed E-state index contributed by atoms with van der Waals surface area (Å²) in [5, 5.41) is 11.7. The van der Waals surface area contributed by atoms with Gasteiger partial charge >= 0.3 is 0 Å². The quantitative estimate of drug-likeness (QED) is 0.944. The van der Waals surface area contributed by atoms with Crippen molar-refractivity contribution < 1.29 is 4.79 Å². The van der Waals surface area contributed by atoms with Gasteiger partial charge in [0.1, 0.15) is 5.82 Å². The number of aromatic nitrogens is 3. The van der Waals surface area contributed by atoms with Gasteiger partial charge in [0, 0.05) is 13.0 Å². The molecule has 1 fully saturated rings. The first kappa shape index (κ1) is 14.1. The Labute approximate surface area is 128 Å². The van der Waals surface area contributed by atoms with Gasteiger partial charge in [0.05, 0.1) is 17.1 Å². The second kappa shape index (κ2) is 5.48. The van der Waals surface area contributed by atoms with Crippen LogP contribution in [-0.2, 0) is 13.6 Å². The Hall–Kier alpha value is -1.88. The fourth-order valence-electron chi connectivity index (χ4n) is 2.39. The molecule has 0 radical (unpaired) electrons. The van der Waals surface area contributed by atoms with Crippen molar-refractivity contribution in [2.45, 2.75) is 32.2 Å². The first-order valence-corrected chi connectivity index (χ1v) is 7.37. The molecule has 0 saturated heterocycles. The Bertz CT molecular complexity index is 671. The summed E-state index contributed by atoms with van der Waals surface area (Å²) in [5.74, 6) is 2.12. The molecule has 1 aliphatic rings. The molecule has 21 heavy (non-hydrogen) atoms. The molecule has 1 N–H and O–H groups in total. The average Bonchev–Trinajstić information content (AvgIpc) is 3.21. The van der Waals surface area contributed by atoms with E-state index in [1.807, 2.05) is 30.7 Å². The Morgan fingerprint density at radius 2 is 2.19 bits per heavy atom. The van der Waals surface area contributed by atoms with Crippen LogP contribution >= 0.6 is 11.6 Å². The van der Waals surface area contributed by atoms with Crippen LogP contribution in [0.4, 0.5) is 0 Å². The molecule has 0 atom stereocenters. The highest BCUT2D eigenvalue weighted by Gasteiger charge is 2.29. The van der Waals surface area contributed by atoms with Gasteiger partial charge in [-0.25, -0.2) is 0 Å². The highest BCUT2D eigenvalue weighted by atomic mass is 35.5. The maximum Gasteiger partial charge on any atom is 0.253 e. The molecule has 2 aromatic rings. The van der Waals surface area contributed by atoms with Crippen LogP contribution in [0.3, 0.4) is 0 Å². The van der Waals surface area contributed by atoms with E-state index >= 15 is 0 Å². The first-order valence-electron chi connectivity index (χ1n) is 6.99. The third-order valence-electron chi connectivity index (χ3n) is 3.80. The van der Waals surface area contributed by atoms with Crippen molar-refractivity contribution in [2.24, 2.45) is 7.05 Å². The number of carbonyl (C=O) groups is 1. The first-order chi connectivity index (χ1) is 10.1. The summed E-state index contributed by atoms with van der Waals surface area (Å²) in [5.41, 5.74) is 1.38. The van der Waals surface area contributed by atoms with Gasteiger partial charge in [0.15, 0.2) is 5.82 Å². The summed E-state index contributed by atoms with van der Waals surface area (Å²) in [4.78, 5) is 12.3. The molecule has 110 valence electrons. The fourth-order valence-corrected chi connectivity index (χ4v) is 2.70. The van der Waals surface area contributed by atoms with Crippen molar-refractivity contribution in [3.8, 4) is 0 Å². The highest BCUT2D eigenvalue weighted by molar-refractivity contribution is 6.34. The molecule has 6 heteroatoms. The maximum absolute atomic E-state index is 12.3. The van der Waals surface area contributed by atoms with Crippen LogP contribution in [0.1, 0.15) is 46.3 Å². The van der Waals surface area contributed by atoms with Crippen LogP contribution in [0.15, 0.2) is 18.2 Å². The minimum atomic E-state index is -0.186. The number of benzene rings is 1. The SMILES string of the molecule is Cc1cccc(Cl)c1C(=O)NCc1nnc(C2CC2)n1C. The van der Waals surface area contributed by atoms with Gasteiger partial charge in [-0.15, -0.1) is 10.2 Å². The average molecular weight is 305 g/mol. The molecule has 3 rings (SSSR count). The number of aryl methyl sites for hydroxylation is 1. The lowest BCUT2D eigenvalue weighted by atomic mass is 10.1. The highest BCUT2D eigenvalue weighted by Crippen LogP contribution is 2.38. The van der Waals surface area contributed by atoms with Crippen molar-refractivity contribution in [1.82, 2.24) is 20.1 Å². The van der Waals surface area contributed by atoms with E-state index in [0.29, 0.717) is 23.0 Å². The second-order valence-electron chi connectivity index (χ2n) is 5.42. The van der Waals surface area contributed by atoms with Crippen LogP contribution in [0.5, 0.6) is 0 Å². The summed E-state index contributed by atoms with van der Waals surface area (Å²) in [7, 11) is 1.94. The molecule has 5 nitrogen and oxygen atoms in total. The summed E-state index contributed by atoms with van der Waals surface area (Å²) in [6.45, 7) is 2.22. The molecule has 0 unspecified atom stereocenters. The van der Waals surface area contributed by atoms with E-state index in [4.69, 9.17) is 11.6 Å². The van der Waals surface area contributed by atoms with Crippen molar-refractivity contribution in [3.63, 3.8) is 0 Å². The summed E-state index contributed by atoms with van der Waals surface area (Å²) in [6.07, 6.45) is 2.36. The lowest BCUT2D eigenvalue weighted by molar-refractivity contribution is 0.0949. The predicted octanol–water partition coefficient (Wildman–Crippen LogP) is 2.58. The topological polar surface area (TPSA) is 59.8 Å². The van der Waals surface area contributed by atoms with Crippen LogP contribution in [0.2, 0.25) is 5.02 Å². The van der Waals surface area contributed by atoms with Crippen molar-refractivity contribution in [2.75, 3.05) is 0 Å². The number of hydrogen-bond donors (Lipinski definition) is 1. The largest absolute Gasteiger partial charge is 0.345 e. The Morgan fingerprint density at radius 1 is 1.43 bits per heavy atom. The summed E-state index contributed by atoms with van der Waals surface area (Å²) >= 11 is 6.10. The zero-order valence-electron chi connectivity index (χ0n) is 12.1. The minimum Gasteiger partial charge on any atom is -0.345 e. The summed E-state index contributed by atoms with van der Waals surface area (Å²) in [6, 6.07) is 5.42. The molecular weight excluding hydrogens is 288 g/mol. The van der Waals surface area contributed by atoms with E-state index < -0.39 is 0 Å². The molecule has 1 saturated carbocycles. The number of hydrogen-bond acceptors (Lipinski definition) is 3. The van der Waals surface area contributed by atoms with Gasteiger partial charge in [-0.05, 0) is 31.4 Å². The smallest absolute Gasteiger partial charge is 0.253 e. The maximum atomic E-state index is 12.3. The fraction of sp³-hybridized carbons (Fsp3) is 0.400. The molecular formula is C15H17ClN4O. The molecule has 0 aliphatic heterocycles. The van der Waals surface area contributed by atoms with E-state index in [9.17, 15) is 4.79 Å². The Kier molecular flexibility index (Phi) is 3.68. The number of amides is 1. The molecule has 1 aromatic carbocycles. The normalized spacial score (nSPS) is 14.2. The Balaban J connectivity index is 1.71. The third-order valence-corrected chi connectivity index (χ3v) is 4.11. The van der Waals surface area contributed by atoms with Crippen molar-refractivity contribution in [1.29, 1.82) is 0 Å². The summed E-state index contributed by atoms with van der Waals surface area (Å²) < 4.78 is 1.97. The molecule has 1 heterocycles. The van der Waals surface area contributed by atoms with Gasteiger partial charge < -0.3 is 9.88 Å². The number of nitrogens with one attached hydrogen (secondary N) is 1. The molecule has 1 amide bonds. The van der Waals surface area contributed by atoms with Crippen LogP contribution in [0, 0.1) is 6.92 Å². The Morgan fingerprint density at radius 3 is 2.86 bits per heavy atom.